The van der Waals surface area contributed by atoms with Crippen molar-refractivity contribution in [2.45, 2.75) is 52.0 Å². The molecule has 2 unspecified atom stereocenters. The predicted molar refractivity (Wildman–Crippen MR) is 76.3 cm³/mol. The Kier molecular flexibility index (Phi) is 6.61. The van der Waals surface area contributed by atoms with Crippen LogP contribution in [-0.4, -0.2) is 0 Å². The molecule has 0 bridgehead atoms. The average molecular weight is 254 g/mol. The van der Waals surface area contributed by atoms with E-state index in [1.807, 2.05) is 24.3 Å². The van der Waals surface area contributed by atoms with E-state index in [1.54, 1.807) is 0 Å². The molecule has 0 spiro atoms. The van der Waals surface area contributed by atoms with Crippen LogP contribution in [-0.2, 0) is 0 Å². The monoisotopic (exact) mass is 253 g/mol. The number of hydrogen-bond donors (Lipinski definition) is 1. The number of halogens is 1. The fourth-order valence-electron chi connectivity index (χ4n) is 2.19. The van der Waals surface area contributed by atoms with Gasteiger partial charge in [0.15, 0.2) is 0 Å². The Morgan fingerprint density at radius 1 is 1.18 bits per heavy atom. The normalized spacial score (nSPS) is 14.6. The molecule has 1 nitrogen and oxygen atoms in total. The largest absolute Gasteiger partial charge is 0.324 e. The molecule has 0 aliphatic carbocycles. The van der Waals surface area contributed by atoms with Gasteiger partial charge in [0.25, 0.3) is 0 Å². The van der Waals surface area contributed by atoms with Gasteiger partial charge in [-0.2, -0.15) is 0 Å². The maximum absolute atomic E-state index is 6.25. The zero-order chi connectivity index (χ0) is 12.7. The summed E-state index contributed by atoms with van der Waals surface area (Å²) in [6.45, 7) is 4.50. The maximum Gasteiger partial charge on any atom is 0.0406 e. The number of rotatable bonds is 7. The Hall–Kier alpha value is -0.530. The summed E-state index contributed by atoms with van der Waals surface area (Å²) in [6, 6.07) is 8.07. The predicted octanol–water partition coefficient (Wildman–Crippen LogP) is 4.95. The molecule has 0 amide bonds. The Morgan fingerprint density at radius 2 is 1.82 bits per heavy atom. The molecule has 0 radical (unpaired) electrons. The summed E-state index contributed by atoms with van der Waals surface area (Å²) in [5.74, 6) is 0.751. The highest BCUT2D eigenvalue weighted by Crippen LogP contribution is 2.25. The molecule has 0 aromatic heterocycles. The minimum atomic E-state index is 0.147. The zero-order valence-corrected chi connectivity index (χ0v) is 11.7. The zero-order valence-electron chi connectivity index (χ0n) is 11.0. The highest BCUT2D eigenvalue weighted by Gasteiger charge is 2.13. The summed E-state index contributed by atoms with van der Waals surface area (Å²) in [4.78, 5) is 0. The third-order valence-corrected chi connectivity index (χ3v) is 3.68. The molecule has 2 heteroatoms. The number of nitrogens with two attached hydrogens (primary N) is 1. The van der Waals surface area contributed by atoms with Gasteiger partial charge in [0.05, 0.1) is 0 Å². The Morgan fingerprint density at radius 3 is 2.35 bits per heavy atom. The van der Waals surface area contributed by atoms with E-state index in [-0.39, 0.29) is 6.04 Å². The standard InChI is InChI=1S/C15H24ClN/c1-3-5-6-12(4-2)11-15(17)13-7-9-14(16)10-8-13/h7-10,12,15H,3-6,11,17H2,1-2H3. The molecule has 2 N–H and O–H groups in total. The van der Waals surface area contributed by atoms with Crippen LogP contribution in [0.1, 0.15) is 57.6 Å². The van der Waals surface area contributed by atoms with E-state index in [0.717, 1.165) is 17.4 Å². The van der Waals surface area contributed by atoms with E-state index in [4.69, 9.17) is 17.3 Å². The molecule has 17 heavy (non-hydrogen) atoms. The SMILES string of the molecule is CCCCC(CC)CC(N)c1ccc(Cl)cc1. The van der Waals surface area contributed by atoms with Crippen LogP contribution in [0.5, 0.6) is 0 Å². The first-order valence-corrected chi connectivity index (χ1v) is 7.06. The molecule has 0 aliphatic heterocycles. The number of hydrogen-bond acceptors (Lipinski definition) is 1. The first kappa shape index (κ1) is 14.5. The molecule has 1 aromatic rings. The molecule has 1 rings (SSSR count). The van der Waals surface area contributed by atoms with Crippen molar-refractivity contribution in [1.82, 2.24) is 0 Å². The van der Waals surface area contributed by atoms with Crippen molar-refractivity contribution in [3.63, 3.8) is 0 Å². The number of benzene rings is 1. The summed E-state index contributed by atoms with van der Waals surface area (Å²) < 4.78 is 0. The van der Waals surface area contributed by atoms with Gasteiger partial charge in [0, 0.05) is 11.1 Å². The third-order valence-electron chi connectivity index (χ3n) is 3.43. The minimum Gasteiger partial charge on any atom is -0.324 e. The molecule has 96 valence electrons. The molecule has 0 fully saturated rings. The van der Waals surface area contributed by atoms with Gasteiger partial charge in [-0.3, -0.25) is 0 Å². The fourth-order valence-corrected chi connectivity index (χ4v) is 2.31. The summed E-state index contributed by atoms with van der Waals surface area (Å²) in [5.41, 5.74) is 7.45. The quantitative estimate of drug-likeness (QED) is 0.731. The van der Waals surface area contributed by atoms with Gasteiger partial charge < -0.3 is 5.73 Å². The van der Waals surface area contributed by atoms with E-state index in [0.29, 0.717) is 0 Å². The topological polar surface area (TPSA) is 26.0 Å². The average Bonchev–Trinajstić information content (AvgIpc) is 2.35. The molecule has 1 aromatic carbocycles. The first-order chi connectivity index (χ1) is 8.17. The Balaban J connectivity index is 2.51. The van der Waals surface area contributed by atoms with Crippen molar-refractivity contribution in [2.24, 2.45) is 11.7 Å². The summed E-state index contributed by atoms with van der Waals surface area (Å²) in [5, 5.41) is 0.777. The van der Waals surface area contributed by atoms with Crippen LogP contribution >= 0.6 is 11.6 Å². The first-order valence-electron chi connectivity index (χ1n) is 6.68. The van der Waals surface area contributed by atoms with Crippen molar-refractivity contribution >= 4 is 11.6 Å². The van der Waals surface area contributed by atoms with Gasteiger partial charge in [-0.05, 0) is 30.0 Å². The lowest BCUT2D eigenvalue weighted by Gasteiger charge is -2.19. The second-order valence-corrected chi connectivity index (χ2v) is 5.25. The second kappa shape index (κ2) is 7.73. The molecule has 0 saturated heterocycles. The Bertz CT molecular complexity index is 307. The second-order valence-electron chi connectivity index (χ2n) is 4.81. The lowest BCUT2D eigenvalue weighted by Crippen LogP contribution is -2.15. The van der Waals surface area contributed by atoms with Crippen molar-refractivity contribution in [3.8, 4) is 0 Å². The van der Waals surface area contributed by atoms with Crippen molar-refractivity contribution < 1.29 is 0 Å². The Labute approximate surface area is 110 Å². The van der Waals surface area contributed by atoms with Crippen LogP contribution in [0, 0.1) is 5.92 Å². The van der Waals surface area contributed by atoms with Crippen LogP contribution in [0.4, 0.5) is 0 Å². The van der Waals surface area contributed by atoms with Gasteiger partial charge in [0.2, 0.25) is 0 Å². The lowest BCUT2D eigenvalue weighted by atomic mass is 9.90. The molecule has 0 saturated carbocycles. The minimum absolute atomic E-state index is 0.147. The van der Waals surface area contributed by atoms with E-state index >= 15 is 0 Å². The van der Waals surface area contributed by atoms with E-state index < -0.39 is 0 Å². The van der Waals surface area contributed by atoms with E-state index in [2.05, 4.69) is 13.8 Å². The van der Waals surface area contributed by atoms with Gasteiger partial charge >= 0.3 is 0 Å². The third kappa shape index (κ3) is 5.10. The van der Waals surface area contributed by atoms with Gasteiger partial charge in [-0.1, -0.05) is 63.3 Å². The lowest BCUT2D eigenvalue weighted by molar-refractivity contribution is 0.388. The summed E-state index contributed by atoms with van der Waals surface area (Å²) in [6.07, 6.45) is 6.19. The highest BCUT2D eigenvalue weighted by molar-refractivity contribution is 6.30. The van der Waals surface area contributed by atoms with Crippen molar-refractivity contribution in [1.29, 1.82) is 0 Å². The highest BCUT2D eigenvalue weighted by atomic mass is 35.5. The number of unbranched alkanes of at least 4 members (excludes halogenated alkanes) is 1. The van der Waals surface area contributed by atoms with Crippen LogP contribution in [0.3, 0.4) is 0 Å². The summed E-state index contributed by atoms with van der Waals surface area (Å²) in [7, 11) is 0. The molecular weight excluding hydrogens is 230 g/mol. The smallest absolute Gasteiger partial charge is 0.0406 e. The van der Waals surface area contributed by atoms with Crippen LogP contribution in [0.2, 0.25) is 5.02 Å². The van der Waals surface area contributed by atoms with Crippen molar-refractivity contribution in [3.05, 3.63) is 34.9 Å². The van der Waals surface area contributed by atoms with Gasteiger partial charge in [0.1, 0.15) is 0 Å². The molecule has 0 heterocycles. The van der Waals surface area contributed by atoms with Crippen LogP contribution in [0.15, 0.2) is 24.3 Å². The summed E-state index contributed by atoms with van der Waals surface area (Å²) >= 11 is 5.88. The van der Waals surface area contributed by atoms with Gasteiger partial charge in [-0.15, -0.1) is 0 Å². The molecular formula is C15H24ClN. The molecule has 2 atom stereocenters. The van der Waals surface area contributed by atoms with Crippen LogP contribution < -0.4 is 5.73 Å². The fraction of sp³-hybridized carbons (Fsp3) is 0.600. The molecule has 0 aliphatic rings. The van der Waals surface area contributed by atoms with E-state index in [9.17, 15) is 0 Å². The van der Waals surface area contributed by atoms with E-state index in [1.165, 1.54) is 31.2 Å². The van der Waals surface area contributed by atoms with Crippen molar-refractivity contribution in [2.75, 3.05) is 0 Å². The van der Waals surface area contributed by atoms with Crippen LogP contribution in [0.25, 0.3) is 0 Å². The van der Waals surface area contributed by atoms with Gasteiger partial charge in [-0.25, -0.2) is 0 Å². The maximum atomic E-state index is 6.25.